The molecule has 0 bridgehead atoms. The van der Waals surface area contributed by atoms with Crippen LogP contribution in [0, 0.1) is 0 Å². The van der Waals surface area contributed by atoms with Gasteiger partial charge in [0.1, 0.15) is 0 Å². The maximum absolute atomic E-state index is 9.53. The second kappa shape index (κ2) is 7.25. The van der Waals surface area contributed by atoms with Gasteiger partial charge in [-0.15, -0.1) is 0 Å². The van der Waals surface area contributed by atoms with Crippen molar-refractivity contribution in [1.29, 1.82) is 0 Å². The predicted octanol–water partition coefficient (Wildman–Crippen LogP) is 2.86. The molecule has 0 saturated carbocycles. The molecule has 3 nitrogen and oxygen atoms in total. The molecule has 96 valence electrons. The Labute approximate surface area is 99.1 Å². The minimum atomic E-state index is -0.520. The first-order valence-corrected chi connectivity index (χ1v) is 6.53. The van der Waals surface area contributed by atoms with Gasteiger partial charge in [-0.1, -0.05) is 12.8 Å². The molecule has 3 heteroatoms. The molecule has 1 heterocycles. The van der Waals surface area contributed by atoms with Gasteiger partial charge in [-0.3, -0.25) is 0 Å². The SMILES string of the molecule is CC(C)(O)CCCCCO[C@@H]1CCCCO1. The maximum atomic E-state index is 9.53. The van der Waals surface area contributed by atoms with E-state index < -0.39 is 5.60 Å². The van der Waals surface area contributed by atoms with Gasteiger partial charge < -0.3 is 14.6 Å². The van der Waals surface area contributed by atoms with Crippen molar-refractivity contribution in [1.82, 2.24) is 0 Å². The van der Waals surface area contributed by atoms with Crippen LogP contribution in [0.15, 0.2) is 0 Å². The van der Waals surface area contributed by atoms with Gasteiger partial charge in [-0.05, 0) is 46.0 Å². The molecule has 1 atom stereocenters. The van der Waals surface area contributed by atoms with Crippen LogP contribution >= 0.6 is 0 Å². The molecular formula is C13H26O3. The standard InChI is InChI=1S/C13H26O3/c1-13(2,14)9-5-3-6-10-15-12-8-4-7-11-16-12/h12,14H,3-11H2,1-2H3/t12-/m0/s1. The molecule has 0 amide bonds. The number of aliphatic hydroxyl groups is 1. The lowest BCUT2D eigenvalue weighted by Gasteiger charge is -2.22. The first-order chi connectivity index (χ1) is 7.58. The van der Waals surface area contributed by atoms with Gasteiger partial charge in [0.2, 0.25) is 0 Å². The van der Waals surface area contributed by atoms with E-state index in [-0.39, 0.29) is 6.29 Å². The molecule has 1 N–H and O–H groups in total. The highest BCUT2D eigenvalue weighted by Gasteiger charge is 2.14. The summed E-state index contributed by atoms with van der Waals surface area (Å²) < 4.78 is 11.1. The van der Waals surface area contributed by atoms with Crippen LogP contribution in [0.4, 0.5) is 0 Å². The minimum Gasteiger partial charge on any atom is -0.390 e. The van der Waals surface area contributed by atoms with Gasteiger partial charge in [-0.25, -0.2) is 0 Å². The molecule has 1 saturated heterocycles. The Morgan fingerprint density at radius 2 is 2.06 bits per heavy atom. The summed E-state index contributed by atoms with van der Waals surface area (Å²) in [5, 5.41) is 9.53. The van der Waals surface area contributed by atoms with E-state index >= 15 is 0 Å². The van der Waals surface area contributed by atoms with Gasteiger partial charge in [0.15, 0.2) is 6.29 Å². The lowest BCUT2D eigenvalue weighted by Crippen LogP contribution is -2.22. The Balaban J connectivity index is 1.87. The number of hydrogen-bond acceptors (Lipinski definition) is 3. The molecule has 0 spiro atoms. The fourth-order valence-corrected chi connectivity index (χ4v) is 1.89. The topological polar surface area (TPSA) is 38.7 Å². The highest BCUT2D eigenvalue weighted by molar-refractivity contribution is 4.64. The molecule has 0 aromatic heterocycles. The minimum absolute atomic E-state index is 0.0445. The van der Waals surface area contributed by atoms with Crippen molar-refractivity contribution in [3.8, 4) is 0 Å². The molecule has 0 aromatic carbocycles. The fourth-order valence-electron chi connectivity index (χ4n) is 1.89. The van der Waals surface area contributed by atoms with E-state index in [0.29, 0.717) is 0 Å². The molecule has 16 heavy (non-hydrogen) atoms. The largest absolute Gasteiger partial charge is 0.390 e. The number of unbranched alkanes of at least 4 members (excludes halogenated alkanes) is 2. The summed E-state index contributed by atoms with van der Waals surface area (Å²) in [4.78, 5) is 0. The van der Waals surface area contributed by atoms with E-state index in [9.17, 15) is 5.11 Å². The third kappa shape index (κ3) is 7.20. The lowest BCUT2D eigenvalue weighted by molar-refractivity contribution is -0.162. The van der Waals surface area contributed by atoms with Crippen LogP contribution in [0.2, 0.25) is 0 Å². The van der Waals surface area contributed by atoms with E-state index in [0.717, 1.165) is 45.3 Å². The zero-order chi connectivity index (χ0) is 11.9. The zero-order valence-electron chi connectivity index (χ0n) is 10.7. The number of hydrogen-bond donors (Lipinski definition) is 1. The molecule has 0 aromatic rings. The molecule has 0 aliphatic carbocycles. The van der Waals surface area contributed by atoms with Crippen LogP contribution in [0.25, 0.3) is 0 Å². The van der Waals surface area contributed by atoms with Crippen molar-refractivity contribution in [3.63, 3.8) is 0 Å². The summed E-state index contributed by atoms with van der Waals surface area (Å²) in [6.07, 6.45) is 7.61. The van der Waals surface area contributed by atoms with E-state index in [1.165, 1.54) is 12.8 Å². The van der Waals surface area contributed by atoms with Crippen molar-refractivity contribution < 1.29 is 14.6 Å². The quantitative estimate of drug-likeness (QED) is 0.683. The average molecular weight is 230 g/mol. The van der Waals surface area contributed by atoms with Crippen molar-refractivity contribution in [2.45, 2.75) is 70.7 Å². The Hall–Kier alpha value is -0.120. The van der Waals surface area contributed by atoms with Crippen LogP contribution in [0.5, 0.6) is 0 Å². The molecule has 0 radical (unpaired) electrons. The van der Waals surface area contributed by atoms with Crippen LogP contribution in [0.1, 0.15) is 58.8 Å². The first kappa shape index (κ1) is 13.9. The van der Waals surface area contributed by atoms with Crippen LogP contribution in [-0.4, -0.2) is 30.2 Å². The van der Waals surface area contributed by atoms with Gasteiger partial charge in [-0.2, -0.15) is 0 Å². The van der Waals surface area contributed by atoms with E-state index in [2.05, 4.69) is 0 Å². The maximum Gasteiger partial charge on any atom is 0.157 e. The smallest absolute Gasteiger partial charge is 0.157 e. The summed E-state index contributed by atoms with van der Waals surface area (Å²) in [5.41, 5.74) is -0.520. The fraction of sp³-hybridized carbons (Fsp3) is 1.00. The van der Waals surface area contributed by atoms with Crippen LogP contribution < -0.4 is 0 Å². The summed E-state index contributed by atoms with van der Waals surface area (Å²) in [7, 11) is 0. The zero-order valence-corrected chi connectivity index (χ0v) is 10.7. The van der Waals surface area contributed by atoms with Crippen molar-refractivity contribution in [2.24, 2.45) is 0 Å². The normalized spacial score (nSPS) is 22.3. The Morgan fingerprint density at radius 1 is 1.25 bits per heavy atom. The van der Waals surface area contributed by atoms with E-state index in [4.69, 9.17) is 9.47 Å². The van der Waals surface area contributed by atoms with Gasteiger partial charge in [0.05, 0.1) is 5.60 Å². The molecular weight excluding hydrogens is 204 g/mol. The van der Waals surface area contributed by atoms with Crippen LogP contribution in [0.3, 0.4) is 0 Å². The molecule has 0 unspecified atom stereocenters. The number of rotatable bonds is 7. The third-order valence-corrected chi connectivity index (χ3v) is 2.87. The monoisotopic (exact) mass is 230 g/mol. The van der Waals surface area contributed by atoms with E-state index in [1.54, 1.807) is 0 Å². The average Bonchev–Trinajstić information content (AvgIpc) is 2.23. The second-order valence-corrected chi connectivity index (χ2v) is 5.29. The highest BCUT2D eigenvalue weighted by Crippen LogP contribution is 2.15. The Morgan fingerprint density at radius 3 is 2.69 bits per heavy atom. The first-order valence-electron chi connectivity index (χ1n) is 6.53. The molecule has 1 fully saturated rings. The molecule has 1 rings (SSSR count). The third-order valence-electron chi connectivity index (χ3n) is 2.87. The van der Waals surface area contributed by atoms with Crippen molar-refractivity contribution >= 4 is 0 Å². The summed E-state index contributed by atoms with van der Waals surface area (Å²) in [6.45, 7) is 5.36. The highest BCUT2D eigenvalue weighted by atomic mass is 16.7. The Bertz CT molecular complexity index is 169. The van der Waals surface area contributed by atoms with Crippen molar-refractivity contribution in [3.05, 3.63) is 0 Å². The molecule has 1 aliphatic rings. The van der Waals surface area contributed by atoms with Crippen LogP contribution in [-0.2, 0) is 9.47 Å². The lowest BCUT2D eigenvalue weighted by atomic mass is 10.0. The number of ether oxygens (including phenoxy) is 2. The molecule has 1 aliphatic heterocycles. The summed E-state index contributed by atoms with van der Waals surface area (Å²) >= 11 is 0. The van der Waals surface area contributed by atoms with E-state index in [1.807, 2.05) is 13.8 Å². The van der Waals surface area contributed by atoms with Gasteiger partial charge >= 0.3 is 0 Å². The van der Waals surface area contributed by atoms with Gasteiger partial charge in [0.25, 0.3) is 0 Å². The summed E-state index contributed by atoms with van der Waals surface area (Å²) in [6, 6.07) is 0. The summed E-state index contributed by atoms with van der Waals surface area (Å²) in [5.74, 6) is 0. The Kier molecular flexibility index (Phi) is 6.32. The van der Waals surface area contributed by atoms with Gasteiger partial charge in [0, 0.05) is 13.2 Å². The second-order valence-electron chi connectivity index (χ2n) is 5.29. The predicted molar refractivity (Wildman–Crippen MR) is 64.3 cm³/mol. The van der Waals surface area contributed by atoms with Crippen molar-refractivity contribution in [2.75, 3.05) is 13.2 Å².